The average Bonchev–Trinajstić information content (AvgIpc) is 3.83. The number of likely N-dealkylation sites (N-methyl/N-ethyl adjacent to an activating group) is 1. The summed E-state index contributed by atoms with van der Waals surface area (Å²) in [7, 11) is -1.93. The summed E-state index contributed by atoms with van der Waals surface area (Å²) in [4.78, 5) is 29.6. The number of carbonyl (C=O) groups is 2. The van der Waals surface area contributed by atoms with Crippen LogP contribution < -0.4 is 5.32 Å². The van der Waals surface area contributed by atoms with E-state index in [-0.39, 0.29) is 36.6 Å². The number of amides is 2. The predicted molar refractivity (Wildman–Crippen MR) is 167 cm³/mol. The number of rotatable bonds is 13. The van der Waals surface area contributed by atoms with Crippen LogP contribution in [0.3, 0.4) is 0 Å². The largest absolute Gasteiger partial charge is 0.394 e. The van der Waals surface area contributed by atoms with Gasteiger partial charge in [0.15, 0.2) is 0 Å². The molecule has 0 radical (unpaired) electrons. The van der Waals surface area contributed by atoms with Crippen molar-refractivity contribution < 1.29 is 28.2 Å². The summed E-state index contributed by atoms with van der Waals surface area (Å²) in [6.07, 6.45) is 0.796. The van der Waals surface area contributed by atoms with E-state index in [0.29, 0.717) is 35.7 Å². The normalized spacial score (nSPS) is 24.2. The number of sulfonamides is 1. The van der Waals surface area contributed by atoms with Crippen LogP contribution >= 0.6 is 23.2 Å². The second kappa shape index (κ2) is 13.8. The molecular formula is C31H41Cl2N3O6S. The van der Waals surface area contributed by atoms with E-state index < -0.39 is 46.1 Å². The molecule has 1 aliphatic heterocycles. The molecule has 4 rings (SSSR count). The van der Waals surface area contributed by atoms with Crippen molar-refractivity contribution in [1.82, 2.24) is 14.5 Å². The summed E-state index contributed by atoms with van der Waals surface area (Å²) in [5, 5.41) is 22.2. The van der Waals surface area contributed by atoms with E-state index in [4.69, 9.17) is 28.3 Å². The van der Waals surface area contributed by atoms with Crippen molar-refractivity contribution in [3.05, 3.63) is 69.7 Å². The van der Waals surface area contributed by atoms with Crippen LogP contribution in [-0.4, -0.2) is 83.8 Å². The van der Waals surface area contributed by atoms with Crippen LogP contribution in [0.5, 0.6) is 0 Å². The zero-order chi connectivity index (χ0) is 31.5. The molecular weight excluding hydrogens is 613 g/mol. The minimum Gasteiger partial charge on any atom is -0.394 e. The number of aliphatic hydroxyl groups excluding tert-OH is 2. The van der Waals surface area contributed by atoms with Gasteiger partial charge in [-0.15, -0.1) is 0 Å². The molecule has 2 aliphatic rings. The van der Waals surface area contributed by atoms with Gasteiger partial charge >= 0.3 is 0 Å². The summed E-state index contributed by atoms with van der Waals surface area (Å²) in [5.41, 5.74) is 0.568. The van der Waals surface area contributed by atoms with Gasteiger partial charge in [-0.3, -0.25) is 9.59 Å². The molecule has 0 unspecified atom stereocenters. The summed E-state index contributed by atoms with van der Waals surface area (Å²) in [5.74, 6) is -0.981. The Morgan fingerprint density at radius 2 is 1.81 bits per heavy atom. The third-order valence-electron chi connectivity index (χ3n) is 8.60. The number of benzene rings is 2. The van der Waals surface area contributed by atoms with Gasteiger partial charge in [0, 0.05) is 48.6 Å². The number of aliphatic hydroxyl groups is 2. The second-order valence-electron chi connectivity index (χ2n) is 12.0. The Hall–Kier alpha value is -2.21. The smallest absolute Gasteiger partial charge is 0.229 e. The average molecular weight is 655 g/mol. The standard InChI is InChI=1S/C31H41Cl2N3O6S/c1-4-24(18-35(3)43(41,42)26-12-13-26)36-29(20-8-10-22(32)11-9-20)27(21-6-5-7-23(33)14-21)15-31(2,30(36)40)16-28(39)34-17-25(38)19-37/h5-11,14,24-27,29,37-38H,4,12-13,15-19H2,1-3H3,(H,34,39)/t24-,25+,27+,29+,31+/m0/s1. The summed E-state index contributed by atoms with van der Waals surface area (Å²) in [6.45, 7) is 3.16. The number of hydrogen-bond donors (Lipinski definition) is 3. The first-order valence-corrected chi connectivity index (χ1v) is 16.9. The fraction of sp³-hybridized carbons (Fsp3) is 0.548. The molecule has 0 aromatic heterocycles. The maximum atomic E-state index is 14.7. The molecule has 0 spiro atoms. The predicted octanol–water partition coefficient (Wildman–Crippen LogP) is 4.12. The SMILES string of the molecule is CC[C@@H](CN(C)S(=O)(=O)C1CC1)N1C(=O)[C@@](C)(CC(=O)NC[C@@H](O)CO)C[C@H](c2cccc(Cl)c2)[C@H]1c1ccc(Cl)cc1. The van der Waals surface area contributed by atoms with Gasteiger partial charge < -0.3 is 20.4 Å². The van der Waals surface area contributed by atoms with Gasteiger partial charge in [0.2, 0.25) is 21.8 Å². The van der Waals surface area contributed by atoms with Crippen molar-refractivity contribution in [2.24, 2.45) is 5.41 Å². The molecule has 12 heteroatoms. The molecule has 1 saturated carbocycles. The van der Waals surface area contributed by atoms with E-state index in [0.717, 1.165) is 11.1 Å². The highest BCUT2D eigenvalue weighted by atomic mass is 35.5. The van der Waals surface area contributed by atoms with E-state index in [1.807, 2.05) is 37.3 Å². The maximum absolute atomic E-state index is 14.7. The van der Waals surface area contributed by atoms with Crippen molar-refractivity contribution in [2.75, 3.05) is 26.7 Å². The lowest BCUT2D eigenvalue weighted by Gasteiger charge is -2.52. The number of halogens is 2. The summed E-state index contributed by atoms with van der Waals surface area (Å²) >= 11 is 12.7. The van der Waals surface area contributed by atoms with E-state index in [9.17, 15) is 23.1 Å². The lowest BCUT2D eigenvalue weighted by molar-refractivity contribution is -0.157. The van der Waals surface area contributed by atoms with E-state index in [2.05, 4.69) is 5.32 Å². The lowest BCUT2D eigenvalue weighted by atomic mass is 9.67. The molecule has 2 aromatic carbocycles. The zero-order valence-corrected chi connectivity index (χ0v) is 27.1. The van der Waals surface area contributed by atoms with Crippen molar-refractivity contribution in [2.45, 2.75) is 75.3 Å². The van der Waals surface area contributed by atoms with Crippen molar-refractivity contribution >= 4 is 45.0 Å². The van der Waals surface area contributed by atoms with Gasteiger partial charge in [0.25, 0.3) is 0 Å². The van der Waals surface area contributed by atoms with Gasteiger partial charge in [-0.1, -0.05) is 61.3 Å². The molecule has 2 aromatic rings. The van der Waals surface area contributed by atoms with Gasteiger partial charge in [0.05, 0.1) is 29.4 Å². The molecule has 5 atom stereocenters. The molecule has 1 heterocycles. The molecule has 2 fully saturated rings. The first kappa shape index (κ1) is 33.7. The number of nitrogens with one attached hydrogen (secondary N) is 1. The monoisotopic (exact) mass is 653 g/mol. The van der Waals surface area contributed by atoms with Gasteiger partial charge in [-0.2, -0.15) is 0 Å². The van der Waals surface area contributed by atoms with E-state index >= 15 is 0 Å². The van der Waals surface area contributed by atoms with Crippen molar-refractivity contribution in [3.63, 3.8) is 0 Å². The van der Waals surface area contributed by atoms with Crippen LogP contribution in [0.1, 0.15) is 69.0 Å². The highest BCUT2D eigenvalue weighted by Gasteiger charge is 2.52. The number of piperidine rings is 1. The van der Waals surface area contributed by atoms with Gasteiger partial charge in [0.1, 0.15) is 0 Å². The topological polar surface area (TPSA) is 127 Å². The molecule has 0 bridgehead atoms. The van der Waals surface area contributed by atoms with Crippen LogP contribution in [-0.2, 0) is 19.6 Å². The van der Waals surface area contributed by atoms with Crippen LogP contribution in [0.25, 0.3) is 0 Å². The zero-order valence-electron chi connectivity index (χ0n) is 24.7. The highest BCUT2D eigenvalue weighted by Crippen LogP contribution is 2.52. The number of nitrogens with zero attached hydrogens (tertiary/aromatic N) is 2. The molecule has 2 amide bonds. The highest BCUT2D eigenvalue weighted by molar-refractivity contribution is 7.90. The van der Waals surface area contributed by atoms with Crippen LogP contribution in [0.2, 0.25) is 10.0 Å². The first-order chi connectivity index (χ1) is 20.3. The Kier molecular flexibility index (Phi) is 10.8. The molecule has 1 saturated heterocycles. The van der Waals surface area contributed by atoms with Gasteiger partial charge in [-0.05, 0) is 61.1 Å². The lowest BCUT2D eigenvalue weighted by Crippen LogP contribution is -2.58. The Labute approximate surface area is 264 Å². The molecule has 3 N–H and O–H groups in total. The maximum Gasteiger partial charge on any atom is 0.229 e. The minimum absolute atomic E-state index is 0.110. The van der Waals surface area contributed by atoms with Crippen LogP contribution in [0, 0.1) is 5.41 Å². The van der Waals surface area contributed by atoms with Crippen LogP contribution in [0.15, 0.2) is 48.5 Å². The quantitative estimate of drug-likeness (QED) is 0.299. The first-order valence-electron chi connectivity index (χ1n) is 14.6. The third kappa shape index (κ3) is 7.72. The molecule has 236 valence electrons. The number of carbonyl (C=O) groups excluding carboxylic acids is 2. The fourth-order valence-electron chi connectivity index (χ4n) is 6.10. The summed E-state index contributed by atoms with van der Waals surface area (Å²) < 4.78 is 27.7. The summed E-state index contributed by atoms with van der Waals surface area (Å²) in [6, 6.07) is 13.8. The Bertz CT molecular complexity index is 1400. The number of hydrogen-bond acceptors (Lipinski definition) is 6. The van der Waals surface area contributed by atoms with Crippen molar-refractivity contribution in [1.29, 1.82) is 0 Å². The van der Waals surface area contributed by atoms with E-state index in [1.54, 1.807) is 37.1 Å². The number of likely N-dealkylation sites (tertiary alicyclic amines) is 1. The van der Waals surface area contributed by atoms with Crippen molar-refractivity contribution in [3.8, 4) is 0 Å². The fourth-order valence-corrected chi connectivity index (χ4v) is 8.04. The third-order valence-corrected chi connectivity index (χ3v) is 11.4. The Balaban J connectivity index is 1.81. The molecule has 43 heavy (non-hydrogen) atoms. The molecule has 1 aliphatic carbocycles. The van der Waals surface area contributed by atoms with E-state index in [1.165, 1.54) is 4.31 Å². The second-order valence-corrected chi connectivity index (χ2v) is 15.2. The van der Waals surface area contributed by atoms with Gasteiger partial charge in [-0.25, -0.2) is 12.7 Å². The minimum atomic E-state index is -3.50. The molecule has 9 nitrogen and oxygen atoms in total. The Morgan fingerprint density at radius 3 is 2.40 bits per heavy atom. The van der Waals surface area contributed by atoms with Crippen LogP contribution in [0.4, 0.5) is 0 Å². The Morgan fingerprint density at radius 1 is 1.14 bits per heavy atom.